The molecule has 0 saturated heterocycles. The molecule has 4 rings (SSSR count). The number of carbonyl (C=O) groups is 2. The Morgan fingerprint density at radius 1 is 0.971 bits per heavy atom. The molecule has 3 N–H and O–H groups in total. The summed E-state index contributed by atoms with van der Waals surface area (Å²) in [5.41, 5.74) is 2.17. The summed E-state index contributed by atoms with van der Waals surface area (Å²) in [7, 11) is 1.65. The van der Waals surface area contributed by atoms with Crippen LogP contribution in [-0.4, -0.2) is 51.2 Å². The quantitative estimate of drug-likeness (QED) is 0.368. The van der Waals surface area contributed by atoms with Crippen LogP contribution in [-0.2, 0) is 13.6 Å². The first-order valence-electron chi connectivity index (χ1n) is 10.1. The Balaban J connectivity index is 0.00000324. The van der Waals surface area contributed by atoms with Gasteiger partial charge in [-0.1, -0.05) is 54.1 Å². The topological polar surface area (TPSA) is 100 Å². The maximum absolute atomic E-state index is 13.0. The zero-order chi connectivity index (χ0) is 23.5. The van der Waals surface area contributed by atoms with Gasteiger partial charge in [0.25, 0.3) is 5.56 Å². The van der Waals surface area contributed by atoms with Crippen LogP contribution >= 0.6 is 11.6 Å². The predicted molar refractivity (Wildman–Crippen MR) is 136 cm³/mol. The van der Waals surface area contributed by atoms with Crippen molar-refractivity contribution in [1.82, 2.24) is 9.88 Å². The summed E-state index contributed by atoms with van der Waals surface area (Å²) < 4.78 is 1.50. The van der Waals surface area contributed by atoms with Gasteiger partial charge in [0.15, 0.2) is 0 Å². The molecule has 3 aromatic carbocycles. The molecule has 9 heteroatoms. The number of rotatable bonds is 5. The maximum atomic E-state index is 13.0. The van der Waals surface area contributed by atoms with Crippen molar-refractivity contribution in [1.29, 1.82) is 0 Å². The third kappa shape index (κ3) is 5.18. The molecule has 0 aliphatic carbocycles. The zero-order valence-electron chi connectivity index (χ0n) is 17.6. The number of carbonyl (C=O) groups excluding carboxylic acids is 1. The number of nitrogens with one attached hydrogen (secondary N) is 2. The Morgan fingerprint density at radius 2 is 1.65 bits per heavy atom. The van der Waals surface area contributed by atoms with Crippen molar-refractivity contribution in [2.45, 2.75) is 6.54 Å². The van der Waals surface area contributed by atoms with E-state index >= 15 is 0 Å². The van der Waals surface area contributed by atoms with E-state index in [2.05, 4.69) is 10.6 Å². The fourth-order valence-electron chi connectivity index (χ4n) is 3.78. The summed E-state index contributed by atoms with van der Waals surface area (Å²) in [6, 6.07) is 20.2. The van der Waals surface area contributed by atoms with Gasteiger partial charge in [-0.2, -0.15) is 0 Å². The number of carboxylic acid groups (broad SMARTS) is 1. The SMILES string of the molecule is Cn1c(CNC(=O)Nc2ccccc2C(=O)O)c(-c2ccccc2)c2cc(Cl)ccc2c1=O.[NaH]. The van der Waals surface area contributed by atoms with Crippen molar-refractivity contribution in [3.8, 4) is 11.1 Å². The van der Waals surface area contributed by atoms with Crippen LogP contribution in [0, 0.1) is 0 Å². The third-order valence-corrected chi connectivity index (χ3v) is 5.60. The van der Waals surface area contributed by atoms with Crippen LogP contribution in [0.5, 0.6) is 0 Å². The normalized spacial score (nSPS) is 10.4. The summed E-state index contributed by atoms with van der Waals surface area (Å²) >= 11 is 6.24. The van der Waals surface area contributed by atoms with Gasteiger partial charge < -0.3 is 20.3 Å². The van der Waals surface area contributed by atoms with Gasteiger partial charge in [0.05, 0.1) is 17.8 Å². The van der Waals surface area contributed by atoms with Gasteiger partial charge in [0, 0.05) is 28.7 Å². The summed E-state index contributed by atoms with van der Waals surface area (Å²) in [5.74, 6) is -1.15. The van der Waals surface area contributed by atoms with Crippen molar-refractivity contribution in [2.75, 3.05) is 5.32 Å². The minimum absolute atomic E-state index is 0. The summed E-state index contributed by atoms with van der Waals surface area (Å²) in [5, 5.41) is 16.3. The number of amides is 2. The molecule has 7 nitrogen and oxygen atoms in total. The van der Waals surface area contributed by atoms with Gasteiger partial charge in [-0.15, -0.1) is 0 Å². The molecule has 1 aromatic heterocycles. The molecule has 0 radical (unpaired) electrons. The molecule has 34 heavy (non-hydrogen) atoms. The van der Waals surface area contributed by atoms with E-state index in [0.29, 0.717) is 21.5 Å². The number of aromatic carboxylic acids is 1. The van der Waals surface area contributed by atoms with E-state index in [1.807, 2.05) is 30.3 Å². The minimum atomic E-state index is -1.15. The van der Waals surface area contributed by atoms with E-state index in [0.717, 1.165) is 11.1 Å². The average molecular weight is 486 g/mol. The van der Waals surface area contributed by atoms with Gasteiger partial charge in [-0.25, -0.2) is 9.59 Å². The van der Waals surface area contributed by atoms with Crippen molar-refractivity contribution in [3.63, 3.8) is 0 Å². The Bertz CT molecular complexity index is 1440. The molecule has 0 atom stereocenters. The van der Waals surface area contributed by atoms with Gasteiger partial charge in [0.1, 0.15) is 0 Å². The fourth-order valence-corrected chi connectivity index (χ4v) is 3.95. The number of halogens is 1. The van der Waals surface area contributed by atoms with Crippen LogP contribution in [0.3, 0.4) is 0 Å². The molecule has 0 aliphatic heterocycles. The third-order valence-electron chi connectivity index (χ3n) is 5.36. The van der Waals surface area contributed by atoms with E-state index in [9.17, 15) is 19.5 Å². The average Bonchev–Trinajstić information content (AvgIpc) is 2.81. The number of para-hydroxylation sites is 1. The second-order valence-corrected chi connectivity index (χ2v) is 7.84. The number of anilines is 1. The van der Waals surface area contributed by atoms with Gasteiger partial charge >= 0.3 is 41.6 Å². The summed E-state index contributed by atoms with van der Waals surface area (Å²) in [4.78, 5) is 37.0. The number of nitrogens with zero attached hydrogens (tertiary/aromatic N) is 1. The van der Waals surface area contributed by atoms with E-state index in [4.69, 9.17) is 11.6 Å². The molecular weight excluding hydrogens is 465 g/mol. The van der Waals surface area contributed by atoms with Gasteiger partial charge in [0.2, 0.25) is 0 Å². The van der Waals surface area contributed by atoms with E-state index < -0.39 is 12.0 Å². The Hall–Kier alpha value is -3.10. The number of aromatic nitrogens is 1. The second-order valence-electron chi connectivity index (χ2n) is 7.40. The molecule has 2 amide bonds. The van der Waals surface area contributed by atoms with Crippen LogP contribution < -0.4 is 16.2 Å². The molecule has 0 fully saturated rings. The number of hydrogen-bond acceptors (Lipinski definition) is 3. The number of pyridine rings is 1. The van der Waals surface area contributed by atoms with Crippen molar-refractivity contribution < 1.29 is 14.7 Å². The Morgan fingerprint density at radius 3 is 2.35 bits per heavy atom. The number of urea groups is 1. The number of fused-ring (bicyclic) bond motifs is 1. The van der Waals surface area contributed by atoms with Crippen molar-refractivity contribution >= 4 is 69.6 Å². The molecule has 0 bridgehead atoms. The van der Waals surface area contributed by atoms with Gasteiger partial charge in [-0.05, 0) is 41.3 Å². The van der Waals surface area contributed by atoms with E-state index in [-0.39, 0.29) is 52.9 Å². The molecule has 168 valence electrons. The van der Waals surface area contributed by atoms with Crippen LogP contribution in [0.25, 0.3) is 21.9 Å². The Labute approximate surface area is 222 Å². The molecule has 4 aromatic rings. The monoisotopic (exact) mass is 485 g/mol. The van der Waals surface area contributed by atoms with Gasteiger partial charge in [-0.3, -0.25) is 4.79 Å². The molecular formula is C25H21ClN3NaO4. The van der Waals surface area contributed by atoms with Crippen molar-refractivity contribution in [2.24, 2.45) is 7.05 Å². The first-order chi connectivity index (χ1) is 15.9. The number of benzene rings is 3. The number of carboxylic acids is 1. The summed E-state index contributed by atoms with van der Waals surface area (Å²) in [6.07, 6.45) is 0. The second kappa shape index (κ2) is 10.9. The molecule has 0 saturated carbocycles. The van der Waals surface area contributed by atoms with Crippen LogP contribution in [0.1, 0.15) is 16.1 Å². The molecule has 1 heterocycles. The zero-order valence-corrected chi connectivity index (χ0v) is 18.4. The molecule has 0 spiro atoms. The predicted octanol–water partition coefficient (Wildman–Crippen LogP) is 4.23. The first-order valence-corrected chi connectivity index (χ1v) is 10.5. The van der Waals surface area contributed by atoms with Crippen LogP contribution in [0.4, 0.5) is 10.5 Å². The fraction of sp³-hybridized carbons (Fsp3) is 0.0800. The number of hydrogen-bond donors (Lipinski definition) is 3. The standard InChI is InChI=1S/C25H20ClN3O4.Na.H/c1-29-21(14-27-25(33)28-20-10-6-5-9-18(20)24(31)32)22(15-7-3-2-4-8-15)19-13-16(26)11-12-17(19)23(29)30;;/h2-13H,14H2,1H3,(H,31,32)(H2,27,28,33);;. The molecule has 0 unspecified atom stereocenters. The molecule has 0 aliphatic rings. The van der Waals surface area contributed by atoms with Crippen LogP contribution in [0.15, 0.2) is 77.6 Å². The summed E-state index contributed by atoms with van der Waals surface area (Å²) in [6.45, 7) is 0.0273. The van der Waals surface area contributed by atoms with E-state index in [1.54, 1.807) is 37.4 Å². The Kier molecular flexibility index (Phi) is 8.17. The van der Waals surface area contributed by atoms with E-state index in [1.165, 1.54) is 16.7 Å². The first kappa shape index (κ1) is 25.5. The van der Waals surface area contributed by atoms with Crippen molar-refractivity contribution in [3.05, 3.63) is 99.4 Å². The van der Waals surface area contributed by atoms with Crippen LogP contribution in [0.2, 0.25) is 5.02 Å².